The summed E-state index contributed by atoms with van der Waals surface area (Å²) in [5.74, 6) is 0.336. The van der Waals surface area contributed by atoms with E-state index in [1.807, 2.05) is 12.3 Å². The number of nitrogens with one attached hydrogen (secondary N) is 1. The Bertz CT molecular complexity index is 765. The first-order chi connectivity index (χ1) is 13.2. The zero-order chi connectivity index (χ0) is 18.6. The van der Waals surface area contributed by atoms with E-state index in [1.165, 1.54) is 49.8 Å². The standard InChI is InChI=1S/C22H26FN3O/c23-18-7-10-20(11-8-18)26(22(27)21-12-13-24-21)15-19-9-6-17(14-25-19)16-4-2-1-3-5-16/h6-11,14,16,21,24H,1-5,12-13,15H2. The molecule has 1 saturated heterocycles. The van der Waals surface area contributed by atoms with Gasteiger partial charge in [-0.25, -0.2) is 4.39 Å². The fourth-order valence-electron chi connectivity index (χ4n) is 3.97. The maximum absolute atomic E-state index is 13.3. The molecule has 142 valence electrons. The number of carbonyl (C=O) groups is 1. The Kier molecular flexibility index (Phi) is 5.48. The molecule has 0 spiro atoms. The van der Waals surface area contributed by atoms with Crippen molar-refractivity contribution in [2.24, 2.45) is 0 Å². The van der Waals surface area contributed by atoms with Crippen LogP contribution in [0.5, 0.6) is 0 Å². The van der Waals surface area contributed by atoms with E-state index in [-0.39, 0.29) is 17.8 Å². The van der Waals surface area contributed by atoms with E-state index in [2.05, 4.69) is 16.4 Å². The Morgan fingerprint density at radius 2 is 1.81 bits per heavy atom. The zero-order valence-electron chi connectivity index (χ0n) is 15.5. The quantitative estimate of drug-likeness (QED) is 0.863. The molecule has 1 aliphatic carbocycles. The summed E-state index contributed by atoms with van der Waals surface area (Å²) in [4.78, 5) is 19.2. The van der Waals surface area contributed by atoms with Crippen molar-refractivity contribution in [2.45, 2.75) is 57.0 Å². The van der Waals surface area contributed by atoms with E-state index in [1.54, 1.807) is 17.0 Å². The maximum Gasteiger partial charge on any atom is 0.244 e. The second kappa shape index (κ2) is 8.17. The molecule has 27 heavy (non-hydrogen) atoms. The number of hydrogen-bond acceptors (Lipinski definition) is 3. The number of benzene rings is 1. The summed E-state index contributed by atoms with van der Waals surface area (Å²) < 4.78 is 13.3. The number of pyridine rings is 1. The van der Waals surface area contributed by atoms with Crippen LogP contribution in [0.1, 0.15) is 55.7 Å². The molecule has 0 bridgehead atoms. The van der Waals surface area contributed by atoms with E-state index in [9.17, 15) is 9.18 Å². The molecule has 0 radical (unpaired) electrons. The van der Waals surface area contributed by atoms with E-state index < -0.39 is 0 Å². The van der Waals surface area contributed by atoms with Crippen LogP contribution in [0.15, 0.2) is 42.6 Å². The van der Waals surface area contributed by atoms with Gasteiger partial charge in [0.1, 0.15) is 5.82 Å². The molecular formula is C22H26FN3O. The summed E-state index contributed by atoms with van der Waals surface area (Å²) in [6.45, 7) is 1.26. The molecule has 1 N–H and O–H groups in total. The van der Waals surface area contributed by atoms with Crippen molar-refractivity contribution in [3.8, 4) is 0 Å². The third kappa shape index (κ3) is 4.19. The first-order valence-corrected chi connectivity index (χ1v) is 9.96. The van der Waals surface area contributed by atoms with Gasteiger partial charge >= 0.3 is 0 Å². The Morgan fingerprint density at radius 1 is 1.07 bits per heavy atom. The van der Waals surface area contributed by atoms with Crippen LogP contribution in [-0.2, 0) is 11.3 Å². The number of nitrogens with zero attached hydrogens (tertiary/aromatic N) is 2. The highest BCUT2D eigenvalue weighted by Crippen LogP contribution is 2.32. The molecule has 1 atom stereocenters. The van der Waals surface area contributed by atoms with Gasteiger partial charge in [-0.3, -0.25) is 9.78 Å². The van der Waals surface area contributed by atoms with Crippen LogP contribution in [0, 0.1) is 5.82 Å². The fraction of sp³-hybridized carbons (Fsp3) is 0.455. The topological polar surface area (TPSA) is 45.2 Å². The van der Waals surface area contributed by atoms with Crippen molar-refractivity contribution in [1.29, 1.82) is 0 Å². The van der Waals surface area contributed by atoms with Crippen LogP contribution in [0.4, 0.5) is 10.1 Å². The minimum Gasteiger partial charge on any atom is -0.306 e. The van der Waals surface area contributed by atoms with Crippen LogP contribution in [-0.4, -0.2) is 23.5 Å². The van der Waals surface area contributed by atoms with Gasteiger partial charge in [-0.2, -0.15) is 0 Å². The Balaban J connectivity index is 1.51. The first-order valence-electron chi connectivity index (χ1n) is 9.96. The number of carbonyl (C=O) groups excluding carboxylic acids is 1. The smallest absolute Gasteiger partial charge is 0.244 e. The molecule has 2 fully saturated rings. The van der Waals surface area contributed by atoms with E-state index in [4.69, 9.17) is 0 Å². The Hall–Kier alpha value is -2.27. The predicted octanol–water partition coefficient (Wildman–Crippen LogP) is 4.16. The second-order valence-corrected chi connectivity index (χ2v) is 7.61. The number of rotatable bonds is 5. The normalized spacial score (nSPS) is 20.1. The Morgan fingerprint density at radius 3 is 2.41 bits per heavy atom. The van der Waals surface area contributed by atoms with E-state index in [0.717, 1.165) is 18.7 Å². The molecule has 2 aliphatic rings. The van der Waals surface area contributed by atoms with Gasteiger partial charge in [-0.1, -0.05) is 25.3 Å². The average molecular weight is 367 g/mol. The molecule has 1 aromatic heterocycles. The molecule has 1 unspecified atom stereocenters. The first kappa shape index (κ1) is 18.1. The van der Waals surface area contributed by atoms with Crippen molar-refractivity contribution in [3.05, 3.63) is 59.7 Å². The number of aromatic nitrogens is 1. The van der Waals surface area contributed by atoms with Gasteiger partial charge in [0.25, 0.3) is 0 Å². The number of amides is 1. The van der Waals surface area contributed by atoms with Crippen molar-refractivity contribution in [3.63, 3.8) is 0 Å². The van der Waals surface area contributed by atoms with E-state index in [0.29, 0.717) is 18.2 Å². The summed E-state index contributed by atoms with van der Waals surface area (Å²) in [6.07, 6.45) is 9.24. The number of anilines is 1. The lowest BCUT2D eigenvalue weighted by molar-refractivity contribution is -0.122. The molecule has 1 saturated carbocycles. The highest BCUT2D eigenvalue weighted by atomic mass is 19.1. The van der Waals surface area contributed by atoms with Gasteiger partial charge < -0.3 is 10.2 Å². The van der Waals surface area contributed by atoms with Crippen LogP contribution in [0.25, 0.3) is 0 Å². The summed E-state index contributed by atoms with van der Waals surface area (Å²) in [5, 5.41) is 3.16. The maximum atomic E-state index is 13.3. The summed E-state index contributed by atoms with van der Waals surface area (Å²) in [7, 11) is 0. The largest absolute Gasteiger partial charge is 0.306 e. The molecule has 1 aliphatic heterocycles. The van der Waals surface area contributed by atoms with E-state index >= 15 is 0 Å². The highest BCUT2D eigenvalue weighted by molar-refractivity contribution is 5.97. The molecule has 2 heterocycles. The third-order valence-electron chi connectivity index (χ3n) is 5.77. The summed E-state index contributed by atoms with van der Waals surface area (Å²) in [5.41, 5.74) is 2.86. The van der Waals surface area contributed by atoms with Gasteiger partial charge in [0.15, 0.2) is 0 Å². The minimum atomic E-state index is -0.303. The SMILES string of the molecule is O=C(C1CCN1)N(Cc1ccc(C2CCCCC2)cn1)c1ccc(F)cc1. The van der Waals surface area contributed by atoms with Crippen molar-refractivity contribution >= 4 is 11.6 Å². The molecule has 1 aromatic carbocycles. The molecule has 2 aromatic rings. The lowest BCUT2D eigenvalue weighted by atomic mass is 9.85. The lowest BCUT2D eigenvalue weighted by Crippen LogP contribution is -2.54. The molecular weight excluding hydrogens is 341 g/mol. The Labute approximate surface area is 159 Å². The van der Waals surface area contributed by atoms with Gasteiger partial charge in [0, 0.05) is 11.9 Å². The van der Waals surface area contributed by atoms with Gasteiger partial charge in [0.2, 0.25) is 5.91 Å². The van der Waals surface area contributed by atoms with Gasteiger partial charge in [0.05, 0.1) is 18.3 Å². The minimum absolute atomic E-state index is 0.0195. The number of hydrogen-bond donors (Lipinski definition) is 1. The van der Waals surface area contributed by atoms with Gasteiger partial charge in [-0.05, 0) is 67.6 Å². The number of halogens is 1. The van der Waals surface area contributed by atoms with Crippen LogP contribution >= 0.6 is 0 Å². The van der Waals surface area contributed by atoms with Crippen LogP contribution in [0.3, 0.4) is 0 Å². The molecule has 1 amide bonds. The van der Waals surface area contributed by atoms with Crippen LogP contribution < -0.4 is 10.2 Å². The molecule has 4 nitrogen and oxygen atoms in total. The van der Waals surface area contributed by atoms with Gasteiger partial charge in [-0.15, -0.1) is 0 Å². The molecule has 4 rings (SSSR count). The van der Waals surface area contributed by atoms with Crippen molar-refractivity contribution in [1.82, 2.24) is 10.3 Å². The zero-order valence-corrected chi connectivity index (χ0v) is 15.5. The predicted molar refractivity (Wildman–Crippen MR) is 104 cm³/mol. The van der Waals surface area contributed by atoms with Crippen molar-refractivity contribution in [2.75, 3.05) is 11.4 Å². The summed E-state index contributed by atoms with van der Waals surface area (Å²) in [6, 6.07) is 10.1. The third-order valence-corrected chi connectivity index (χ3v) is 5.77. The van der Waals surface area contributed by atoms with Crippen molar-refractivity contribution < 1.29 is 9.18 Å². The average Bonchev–Trinajstić information content (AvgIpc) is 2.67. The monoisotopic (exact) mass is 367 g/mol. The lowest BCUT2D eigenvalue weighted by Gasteiger charge is -2.32. The fourth-order valence-corrected chi connectivity index (χ4v) is 3.97. The highest BCUT2D eigenvalue weighted by Gasteiger charge is 2.30. The summed E-state index contributed by atoms with van der Waals surface area (Å²) >= 11 is 0. The van der Waals surface area contributed by atoms with Crippen LogP contribution in [0.2, 0.25) is 0 Å². The second-order valence-electron chi connectivity index (χ2n) is 7.61. The molecule has 5 heteroatoms.